The predicted molar refractivity (Wildman–Crippen MR) is 68.5 cm³/mol. The van der Waals surface area contributed by atoms with Crippen LogP contribution in [0.2, 0.25) is 0 Å². The Bertz CT molecular complexity index is 387. The molecule has 1 aliphatic heterocycles. The molecule has 1 fully saturated rings. The highest BCUT2D eigenvalue weighted by atomic mass is 32.2. The molecule has 0 saturated carbocycles. The highest BCUT2D eigenvalue weighted by molar-refractivity contribution is 7.91. The van der Waals surface area contributed by atoms with Gasteiger partial charge in [0.25, 0.3) is 0 Å². The number of unbranched alkanes of at least 4 members (excludes halogenated alkanes) is 1. The lowest BCUT2D eigenvalue weighted by atomic mass is 10.2. The molecule has 1 amide bonds. The minimum absolute atomic E-state index is 0.0666. The van der Waals surface area contributed by atoms with E-state index in [0.717, 1.165) is 12.8 Å². The molecule has 0 aromatic carbocycles. The van der Waals surface area contributed by atoms with Gasteiger partial charge in [-0.1, -0.05) is 19.4 Å². The number of nitrogens with zero attached hydrogens (tertiary/aromatic N) is 1. The first-order chi connectivity index (χ1) is 8.00. The van der Waals surface area contributed by atoms with Gasteiger partial charge in [0.1, 0.15) is 0 Å². The Morgan fingerprint density at radius 3 is 2.65 bits per heavy atom. The largest absolute Gasteiger partial charge is 0.335 e. The first-order valence-electron chi connectivity index (χ1n) is 6.14. The first kappa shape index (κ1) is 14.2. The van der Waals surface area contributed by atoms with Crippen molar-refractivity contribution in [2.45, 2.75) is 39.2 Å². The molecule has 0 aromatic rings. The Labute approximate surface area is 104 Å². The van der Waals surface area contributed by atoms with Gasteiger partial charge in [-0.3, -0.25) is 4.79 Å². The molecule has 1 unspecified atom stereocenters. The summed E-state index contributed by atoms with van der Waals surface area (Å²) in [5.74, 6) is 0.270. The van der Waals surface area contributed by atoms with Crippen molar-refractivity contribution in [1.82, 2.24) is 4.90 Å². The van der Waals surface area contributed by atoms with Crippen LogP contribution in [0.3, 0.4) is 0 Å². The van der Waals surface area contributed by atoms with E-state index in [1.54, 1.807) is 17.9 Å². The monoisotopic (exact) mass is 259 g/mol. The number of sulfone groups is 1. The van der Waals surface area contributed by atoms with Gasteiger partial charge >= 0.3 is 0 Å². The lowest BCUT2D eigenvalue weighted by molar-refractivity contribution is -0.127. The van der Waals surface area contributed by atoms with Crippen molar-refractivity contribution in [2.75, 3.05) is 18.1 Å². The summed E-state index contributed by atoms with van der Waals surface area (Å²) in [6.45, 7) is 4.50. The van der Waals surface area contributed by atoms with E-state index in [1.165, 1.54) is 6.08 Å². The molecule has 0 N–H and O–H groups in total. The molecule has 0 bridgehead atoms. The van der Waals surface area contributed by atoms with Crippen molar-refractivity contribution in [3.8, 4) is 0 Å². The maximum Gasteiger partial charge on any atom is 0.246 e. The van der Waals surface area contributed by atoms with E-state index in [-0.39, 0.29) is 23.5 Å². The zero-order chi connectivity index (χ0) is 12.9. The molecule has 1 heterocycles. The molecule has 17 heavy (non-hydrogen) atoms. The van der Waals surface area contributed by atoms with Crippen LogP contribution >= 0.6 is 0 Å². The van der Waals surface area contributed by atoms with Crippen LogP contribution in [0.4, 0.5) is 0 Å². The molecule has 0 spiro atoms. The summed E-state index contributed by atoms with van der Waals surface area (Å²) in [5, 5.41) is 0. The zero-order valence-electron chi connectivity index (χ0n) is 10.6. The molecule has 1 saturated heterocycles. The molecule has 0 radical (unpaired) electrons. The topological polar surface area (TPSA) is 54.5 Å². The van der Waals surface area contributed by atoms with Crippen molar-refractivity contribution in [3.05, 3.63) is 12.2 Å². The fourth-order valence-corrected chi connectivity index (χ4v) is 3.79. The SMILES string of the molecule is CC=CC(=O)N(CCCC)C1CCS(=O)(=O)C1. The summed E-state index contributed by atoms with van der Waals surface area (Å²) in [4.78, 5) is 13.6. The van der Waals surface area contributed by atoms with Crippen molar-refractivity contribution >= 4 is 15.7 Å². The van der Waals surface area contributed by atoms with Crippen molar-refractivity contribution < 1.29 is 13.2 Å². The van der Waals surface area contributed by atoms with E-state index in [4.69, 9.17) is 0 Å². The predicted octanol–water partition coefficient (Wildman–Crippen LogP) is 1.38. The second-order valence-electron chi connectivity index (χ2n) is 4.44. The lowest BCUT2D eigenvalue weighted by Gasteiger charge is -2.27. The lowest BCUT2D eigenvalue weighted by Crippen LogP contribution is -2.40. The molecule has 0 aliphatic carbocycles. The number of carbonyl (C=O) groups excluding carboxylic acids is 1. The Balaban J connectivity index is 2.73. The maximum absolute atomic E-state index is 11.9. The summed E-state index contributed by atoms with van der Waals surface area (Å²) in [6, 6.07) is -0.129. The average Bonchev–Trinajstić information content (AvgIpc) is 2.60. The molecule has 0 aromatic heterocycles. The molecule has 5 heteroatoms. The highest BCUT2D eigenvalue weighted by Gasteiger charge is 2.33. The second-order valence-corrected chi connectivity index (χ2v) is 6.67. The molecular weight excluding hydrogens is 238 g/mol. The van der Waals surface area contributed by atoms with Crippen molar-refractivity contribution in [1.29, 1.82) is 0 Å². The number of carbonyl (C=O) groups is 1. The quantitative estimate of drug-likeness (QED) is 0.701. The Morgan fingerprint density at radius 1 is 1.47 bits per heavy atom. The van der Waals surface area contributed by atoms with Crippen molar-refractivity contribution in [2.24, 2.45) is 0 Å². The van der Waals surface area contributed by atoms with Gasteiger partial charge < -0.3 is 4.90 Å². The number of amides is 1. The molecule has 98 valence electrons. The molecule has 1 rings (SSSR count). The average molecular weight is 259 g/mol. The van der Waals surface area contributed by atoms with E-state index in [2.05, 4.69) is 6.92 Å². The van der Waals surface area contributed by atoms with Gasteiger partial charge in [-0.25, -0.2) is 8.42 Å². The number of hydrogen-bond donors (Lipinski definition) is 0. The van der Waals surface area contributed by atoms with Crippen molar-refractivity contribution in [3.63, 3.8) is 0 Å². The van der Waals surface area contributed by atoms with Crippen LogP contribution in [-0.4, -0.2) is 43.3 Å². The number of allylic oxidation sites excluding steroid dienone is 1. The van der Waals surface area contributed by atoms with E-state index in [9.17, 15) is 13.2 Å². The summed E-state index contributed by atoms with van der Waals surface area (Å²) in [5.41, 5.74) is 0. The van der Waals surface area contributed by atoms with Gasteiger partial charge in [-0.05, 0) is 25.8 Å². The van der Waals surface area contributed by atoms with E-state index in [1.807, 2.05) is 0 Å². The van der Waals surface area contributed by atoms with Crippen LogP contribution < -0.4 is 0 Å². The molecule has 1 atom stereocenters. The standard InChI is InChI=1S/C12H21NO3S/c1-3-5-8-13(12(14)6-4-2)11-7-9-17(15,16)10-11/h4,6,11H,3,5,7-10H2,1-2H3. The van der Waals surface area contributed by atoms with Gasteiger partial charge in [0.2, 0.25) is 5.91 Å². The Morgan fingerprint density at radius 2 is 2.18 bits per heavy atom. The minimum atomic E-state index is -2.93. The van der Waals surface area contributed by atoms with Crippen LogP contribution in [0, 0.1) is 0 Å². The third kappa shape index (κ3) is 4.15. The first-order valence-corrected chi connectivity index (χ1v) is 7.96. The molecular formula is C12H21NO3S. The molecule has 4 nitrogen and oxygen atoms in total. The number of hydrogen-bond acceptors (Lipinski definition) is 3. The fourth-order valence-electron chi connectivity index (χ4n) is 2.06. The smallest absolute Gasteiger partial charge is 0.246 e. The van der Waals surface area contributed by atoms with Crippen LogP contribution in [0.25, 0.3) is 0 Å². The van der Waals surface area contributed by atoms with Gasteiger partial charge in [0.05, 0.1) is 11.5 Å². The maximum atomic E-state index is 11.9. The summed E-state index contributed by atoms with van der Waals surface area (Å²) < 4.78 is 22.9. The van der Waals surface area contributed by atoms with Crippen LogP contribution in [0.1, 0.15) is 33.1 Å². The number of rotatable bonds is 5. The van der Waals surface area contributed by atoms with E-state index < -0.39 is 9.84 Å². The summed E-state index contributed by atoms with van der Waals surface area (Å²) >= 11 is 0. The summed E-state index contributed by atoms with van der Waals surface area (Å²) in [6.07, 6.45) is 5.71. The van der Waals surface area contributed by atoms with E-state index in [0.29, 0.717) is 13.0 Å². The van der Waals surface area contributed by atoms with Crippen LogP contribution in [0.15, 0.2) is 12.2 Å². The molecule has 1 aliphatic rings. The van der Waals surface area contributed by atoms with Gasteiger partial charge in [-0.2, -0.15) is 0 Å². The van der Waals surface area contributed by atoms with Gasteiger partial charge in [0, 0.05) is 12.6 Å². The third-order valence-corrected chi connectivity index (χ3v) is 4.74. The fraction of sp³-hybridized carbons (Fsp3) is 0.750. The van der Waals surface area contributed by atoms with Crippen LogP contribution in [0.5, 0.6) is 0 Å². The second kappa shape index (κ2) is 6.19. The Hall–Kier alpha value is -0.840. The van der Waals surface area contributed by atoms with E-state index >= 15 is 0 Å². The van der Waals surface area contributed by atoms with Crippen LogP contribution in [-0.2, 0) is 14.6 Å². The van der Waals surface area contributed by atoms with Gasteiger partial charge in [0.15, 0.2) is 9.84 Å². The zero-order valence-corrected chi connectivity index (χ0v) is 11.4. The highest BCUT2D eigenvalue weighted by Crippen LogP contribution is 2.18. The summed E-state index contributed by atoms with van der Waals surface area (Å²) in [7, 11) is -2.93. The Kier molecular flexibility index (Phi) is 5.18. The van der Waals surface area contributed by atoms with Gasteiger partial charge in [-0.15, -0.1) is 0 Å². The normalized spacial score (nSPS) is 23.1. The minimum Gasteiger partial charge on any atom is -0.335 e. The third-order valence-electron chi connectivity index (χ3n) is 2.99.